The monoisotopic (exact) mass is 393 g/mol. The quantitative estimate of drug-likeness (QED) is 0.801. The van der Waals surface area contributed by atoms with E-state index in [9.17, 15) is 18.0 Å². The molecule has 27 heavy (non-hydrogen) atoms. The predicted molar refractivity (Wildman–Crippen MR) is 101 cm³/mol. The first-order chi connectivity index (χ1) is 12.9. The molecule has 0 bridgehead atoms. The van der Waals surface area contributed by atoms with Gasteiger partial charge in [-0.25, -0.2) is 8.42 Å². The smallest absolute Gasteiger partial charge is 0.303 e. The summed E-state index contributed by atoms with van der Waals surface area (Å²) in [5.74, 6) is -0.996. The van der Waals surface area contributed by atoms with Gasteiger partial charge in [-0.15, -0.1) is 0 Å². The number of aliphatic carboxylic acids is 1. The number of rotatable bonds is 6. The second-order valence-corrected chi connectivity index (χ2v) is 9.78. The zero-order valence-electron chi connectivity index (χ0n) is 15.5. The Balaban J connectivity index is 1.73. The largest absolute Gasteiger partial charge is 0.481 e. The van der Waals surface area contributed by atoms with Crippen molar-refractivity contribution in [1.29, 1.82) is 0 Å². The summed E-state index contributed by atoms with van der Waals surface area (Å²) >= 11 is 0. The van der Waals surface area contributed by atoms with E-state index in [4.69, 9.17) is 5.11 Å². The fourth-order valence-electron chi connectivity index (χ4n) is 4.20. The molecule has 1 saturated heterocycles. The Kier molecular flexibility index (Phi) is 6.19. The van der Waals surface area contributed by atoms with E-state index < -0.39 is 15.8 Å². The number of piperidine rings is 1. The van der Waals surface area contributed by atoms with Gasteiger partial charge in [-0.1, -0.05) is 12.8 Å². The molecule has 2 aliphatic rings. The molecule has 3 rings (SSSR count). The van der Waals surface area contributed by atoms with Crippen molar-refractivity contribution in [3.05, 3.63) is 29.8 Å². The van der Waals surface area contributed by atoms with Crippen molar-refractivity contribution >= 4 is 21.7 Å². The van der Waals surface area contributed by atoms with Gasteiger partial charge in [-0.3, -0.25) is 9.59 Å². The molecule has 1 aromatic rings. The van der Waals surface area contributed by atoms with Gasteiger partial charge in [0.1, 0.15) is 0 Å². The summed E-state index contributed by atoms with van der Waals surface area (Å²) < 4.78 is 25.3. The zero-order chi connectivity index (χ0) is 19.4. The van der Waals surface area contributed by atoms with Gasteiger partial charge in [-0.2, -0.15) is 0 Å². The number of benzene rings is 1. The van der Waals surface area contributed by atoms with E-state index in [0.29, 0.717) is 31.4 Å². The minimum absolute atomic E-state index is 0.0486. The highest BCUT2D eigenvalue weighted by Gasteiger charge is 2.31. The average Bonchev–Trinajstić information content (AvgIpc) is 3.22. The summed E-state index contributed by atoms with van der Waals surface area (Å²) in [7, 11) is -3.33. The third-order valence-corrected chi connectivity index (χ3v) is 8.03. The molecule has 0 aromatic heterocycles. The van der Waals surface area contributed by atoms with Gasteiger partial charge >= 0.3 is 5.97 Å². The van der Waals surface area contributed by atoms with Gasteiger partial charge < -0.3 is 10.0 Å². The Bertz CT molecular complexity index is 781. The maximum atomic E-state index is 12.9. The van der Waals surface area contributed by atoms with E-state index in [2.05, 4.69) is 0 Å². The molecule has 1 amide bonds. The zero-order valence-corrected chi connectivity index (χ0v) is 16.3. The second-order valence-electron chi connectivity index (χ2n) is 7.56. The molecule has 1 atom stereocenters. The number of nitrogens with zero attached hydrogens (tertiary/aromatic N) is 1. The normalized spacial score (nSPS) is 21.3. The highest BCUT2D eigenvalue weighted by molar-refractivity contribution is 7.92. The third-order valence-electron chi connectivity index (χ3n) is 5.75. The topological polar surface area (TPSA) is 91.8 Å². The van der Waals surface area contributed by atoms with Crippen LogP contribution in [0.5, 0.6) is 0 Å². The Labute approximate surface area is 160 Å². The lowest BCUT2D eigenvalue weighted by Crippen LogP contribution is -2.44. The van der Waals surface area contributed by atoms with Crippen molar-refractivity contribution < 1.29 is 23.1 Å². The number of amides is 1. The molecule has 7 heteroatoms. The molecule has 1 heterocycles. The number of carboxylic acid groups (broad SMARTS) is 1. The van der Waals surface area contributed by atoms with Crippen molar-refractivity contribution in [1.82, 2.24) is 4.90 Å². The molecular formula is C20H27NO5S. The fourth-order valence-corrected chi connectivity index (χ4v) is 6.06. The number of hydrogen-bond acceptors (Lipinski definition) is 4. The molecule has 148 valence electrons. The van der Waals surface area contributed by atoms with Crippen LogP contribution in [0.25, 0.3) is 0 Å². The maximum Gasteiger partial charge on any atom is 0.303 e. The van der Waals surface area contributed by atoms with Crippen LogP contribution in [0.2, 0.25) is 0 Å². The first kappa shape index (κ1) is 19.9. The molecule has 0 spiro atoms. The number of sulfone groups is 1. The molecule has 2 fully saturated rings. The standard InChI is InChI=1S/C20H27NO5S/c22-19(23)13-10-16-5-3-4-14-21(16)20(24)15-8-11-18(12-9-15)27(25,26)17-6-1-2-7-17/h8-9,11-12,16-17H,1-7,10,13-14H2,(H,22,23). The second kappa shape index (κ2) is 8.42. The highest BCUT2D eigenvalue weighted by Crippen LogP contribution is 2.30. The lowest BCUT2D eigenvalue weighted by atomic mass is 9.97. The number of carbonyl (C=O) groups is 2. The minimum Gasteiger partial charge on any atom is -0.481 e. The first-order valence-electron chi connectivity index (χ1n) is 9.76. The summed E-state index contributed by atoms with van der Waals surface area (Å²) in [6, 6.07) is 6.19. The van der Waals surface area contributed by atoms with Crippen LogP contribution in [-0.4, -0.2) is 48.1 Å². The SMILES string of the molecule is O=C(O)CCC1CCCCN1C(=O)c1ccc(S(=O)(=O)C2CCCC2)cc1. The summed E-state index contributed by atoms with van der Waals surface area (Å²) in [4.78, 5) is 25.8. The van der Waals surface area contributed by atoms with Crippen LogP contribution < -0.4 is 0 Å². The molecule has 0 radical (unpaired) electrons. The minimum atomic E-state index is -3.33. The molecule has 6 nitrogen and oxygen atoms in total. The maximum absolute atomic E-state index is 12.9. The van der Waals surface area contributed by atoms with Crippen LogP contribution >= 0.6 is 0 Å². The van der Waals surface area contributed by atoms with Crippen molar-refractivity contribution in [2.75, 3.05) is 6.54 Å². The van der Waals surface area contributed by atoms with Crippen LogP contribution in [0.4, 0.5) is 0 Å². The molecule has 1 aromatic carbocycles. The van der Waals surface area contributed by atoms with E-state index in [0.717, 1.165) is 32.1 Å². The molecular weight excluding hydrogens is 366 g/mol. The number of carboxylic acids is 1. The fraction of sp³-hybridized carbons (Fsp3) is 0.600. The summed E-state index contributed by atoms with van der Waals surface area (Å²) in [5, 5.41) is 8.62. The Morgan fingerprint density at radius 1 is 1.00 bits per heavy atom. The van der Waals surface area contributed by atoms with E-state index in [1.165, 1.54) is 12.1 Å². The van der Waals surface area contributed by atoms with Crippen molar-refractivity contribution in [2.45, 2.75) is 74.0 Å². The van der Waals surface area contributed by atoms with E-state index in [1.807, 2.05) is 0 Å². The first-order valence-corrected chi connectivity index (χ1v) is 11.3. The number of hydrogen-bond donors (Lipinski definition) is 1. The van der Waals surface area contributed by atoms with E-state index in [-0.39, 0.29) is 28.5 Å². The Morgan fingerprint density at radius 3 is 2.26 bits per heavy atom. The Morgan fingerprint density at radius 2 is 1.63 bits per heavy atom. The van der Waals surface area contributed by atoms with Crippen LogP contribution in [0, 0.1) is 0 Å². The van der Waals surface area contributed by atoms with Crippen molar-refractivity contribution in [3.8, 4) is 0 Å². The summed E-state index contributed by atoms with van der Waals surface area (Å²) in [5.41, 5.74) is 0.461. The average molecular weight is 394 g/mol. The molecule has 1 aliphatic carbocycles. The van der Waals surface area contributed by atoms with E-state index >= 15 is 0 Å². The van der Waals surface area contributed by atoms with Crippen LogP contribution in [0.3, 0.4) is 0 Å². The number of likely N-dealkylation sites (tertiary alicyclic amines) is 1. The molecule has 1 N–H and O–H groups in total. The van der Waals surface area contributed by atoms with E-state index in [1.54, 1.807) is 17.0 Å². The Hall–Kier alpha value is -1.89. The van der Waals surface area contributed by atoms with Crippen LogP contribution in [0.1, 0.15) is 68.1 Å². The van der Waals surface area contributed by atoms with Crippen molar-refractivity contribution in [2.24, 2.45) is 0 Å². The van der Waals surface area contributed by atoms with Gasteiger partial charge in [0.05, 0.1) is 10.1 Å². The predicted octanol–water partition coefficient (Wildman–Crippen LogP) is 3.26. The molecule has 1 aliphatic heterocycles. The summed E-state index contributed by atoms with van der Waals surface area (Å²) in [6.07, 6.45) is 6.54. The lowest BCUT2D eigenvalue weighted by molar-refractivity contribution is -0.137. The van der Waals surface area contributed by atoms with Gasteiger partial charge in [0.15, 0.2) is 9.84 Å². The van der Waals surface area contributed by atoms with Gasteiger partial charge in [0.2, 0.25) is 0 Å². The lowest BCUT2D eigenvalue weighted by Gasteiger charge is -2.35. The summed E-state index contributed by atoms with van der Waals surface area (Å²) in [6.45, 7) is 0.616. The van der Waals surface area contributed by atoms with Crippen molar-refractivity contribution in [3.63, 3.8) is 0 Å². The third kappa shape index (κ3) is 4.51. The van der Waals surface area contributed by atoms with Gasteiger partial charge in [0.25, 0.3) is 5.91 Å². The van der Waals surface area contributed by atoms with Gasteiger partial charge in [0, 0.05) is 24.6 Å². The molecule has 1 unspecified atom stereocenters. The van der Waals surface area contributed by atoms with Crippen LogP contribution in [-0.2, 0) is 14.6 Å². The van der Waals surface area contributed by atoms with Gasteiger partial charge in [-0.05, 0) is 62.8 Å². The molecule has 1 saturated carbocycles. The number of carbonyl (C=O) groups excluding carboxylic acids is 1. The highest BCUT2D eigenvalue weighted by atomic mass is 32.2. The van der Waals surface area contributed by atoms with Crippen LogP contribution in [0.15, 0.2) is 29.2 Å².